The summed E-state index contributed by atoms with van der Waals surface area (Å²) in [5.74, 6) is 0.724. The molecule has 9 heteroatoms. The third kappa shape index (κ3) is 4.26. The Hall–Kier alpha value is -3.72. The molecule has 0 spiro atoms. The average Bonchev–Trinajstić information content (AvgIpc) is 3.58. The van der Waals surface area contributed by atoms with Crippen molar-refractivity contribution in [3.8, 4) is 5.69 Å². The fourth-order valence-corrected chi connectivity index (χ4v) is 4.83. The van der Waals surface area contributed by atoms with E-state index in [2.05, 4.69) is 15.5 Å². The zero-order valence-corrected chi connectivity index (χ0v) is 20.0. The lowest BCUT2D eigenvalue weighted by Crippen LogP contribution is -2.28. The van der Waals surface area contributed by atoms with Crippen molar-refractivity contribution in [2.75, 3.05) is 5.75 Å². The van der Waals surface area contributed by atoms with Crippen molar-refractivity contribution in [3.05, 3.63) is 88.9 Å². The van der Waals surface area contributed by atoms with Gasteiger partial charge in [-0.2, -0.15) is 9.78 Å². The lowest BCUT2D eigenvalue weighted by molar-refractivity contribution is -0.130. The molecule has 4 aromatic rings. The highest BCUT2D eigenvalue weighted by molar-refractivity contribution is 7.99. The molecule has 1 atom stereocenters. The van der Waals surface area contributed by atoms with Gasteiger partial charge in [0.05, 0.1) is 23.4 Å². The Morgan fingerprint density at radius 2 is 1.82 bits per heavy atom. The second-order valence-electron chi connectivity index (χ2n) is 8.29. The first-order chi connectivity index (χ1) is 16.5. The maximum absolute atomic E-state index is 13.3. The molecule has 0 saturated heterocycles. The van der Waals surface area contributed by atoms with E-state index in [0.29, 0.717) is 17.3 Å². The quantitative estimate of drug-likeness (QED) is 0.380. The molecule has 0 radical (unpaired) electrons. The molecule has 5 rings (SSSR count). The number of aromatic nitrogens is 4. The molecular weight excluding hydrogens is 448 g/mol. The van der Waals surface area contributed by atoms with Crippen molar-refractivity contribution >= 4 is 23.4 Å². The predicted octanol–water partition coefficient (Wildman–Crippen LogP) is 4.65. The van der Waals surface area contributed by atoms with Crippen LogP contribution in [0, 0.1) is 20.8 Å². The van der Waals surface area contributed by atoms with Gasteiger partial charge >= 0.3 is 0 Å². The molecule has 1 aliphatic rings. The predicted molar refractivity (Wildman–Crippen MR) is 130 cm³/mol. The molecule has 1 aliphatic heterocycles. The first-order valence-electron chi connectivity index (χ1n) is 11.0. The number of thioether (sulfide) groups is 1. The summed E-state index contributed by atoms with van der Waals surface area (Å²) in [5, 5.41) is 19.0. The van der Waals surface area contributed by atoms with Gasteiger partial charge in [0.15, 0.2) is 0 Å². The molecular formula is C25H24N6O2S. The molecule has 2 aromatic carbocycles. The Balaban J connectivity index is 1.38. The van der Waals surface area contributed by atoms with Gasteiger partial charge in [-0.15, -0.1) is 5.10 Å². The molecule has 0 fully saturated rings. The molecule has 0 bridgehead atoms. The van der Waals surface area contributed by atoms with Gasteiger partial charge in [0.2, 0.25) is 5.16 Å². The van der Waals surface area contributed by atoms with Gasteiger partial charge in [0, 0.05) is 6.42 Å². The summed E-state index contributed by atoms with van der Waals surface area (Å²) in [6.07, 6.45) is 2.21. The molecule has 34 heavy (non-hydrogen) atoms. The highest BCUT2D eigenvalue weighted by Crippen LogP contribution is 2.34. The first-order valence-corrected chi connectivity index (χ1v) is 12.0. The highest BCUT2D eigenvalue weighted by Gasteiger charge is 2.35. The summed E-state index contributed by atoms with van der Waals surface area (Å²) in [7, 11) is 0. The first kappa shape index (κ1) is 22.1. The van der Waals surface area contributed by atoms with Crippen molar-refractivity contribution in [2.24, 2.45) is 5.10 Å². The van der Waals surface area contributed by atoms with Crippen LogP contribution in [-0.4, -0.2) is 42.6 Å². The van der Waals surface area contributed by atoms with Crippen molar-refractivity contribution in [1.29, 1.82) is 0 Å². The van der Waals surface area contributed by atoms with Crippen LogP contribution in [0.5, 0.6) is 0 Å². The Morgan fingerprint density at radius 3 is 2.53 bits per heavy atom. The number of hydrazone groups is 1. The summed E-state index contributed by atoms with van der Waals surface area (Å²) in [6, 6.07) is 17.6. The Kier molecular flexibility index (Phi) is 6.02. The number of amides is 1. The van der Waals surface area contributed by atoms with Gasteiger partial charge in [-0.1, -0.05) is 59.8 Å². The van der Waals surface area contributed by atoms with E-state index in [0.717, 1.165) is 28.1 Å². The lowest BCUT2D eigenvalue weighted by atomic mass is 10.0. The summed E-state index contributed by atoms with van der Waals surface area (Å²) in [6.45, 7) is 6.08. The smallest absolute Gasteiger partial charge is 0.253 e. The molecule has 0 saturated carbocycles. The van der Waals surface area contributed by atoms with Crippen LogP contribution in [0.2, 0.25) is 0 Å². The summed E-state index contributed by atoms with van der Waals surface area (Å²) in [5.41, 5.74) is 6.09. The molecule has 0 aliphatic carbocycles. The van der Waals surface area contributed by atoms with Crippen LogP contribution in [0.15, 0.2) is 75.5 Å². The standard InChI is InChI=1S/C25H24N6O2S/c1-16-9-11-19(12-10-16)20-14-21(22-8-5-13-33-22)30(27-20)23(32)15-34-25-26-28-29-31(25)24-17(2)6-4-7-18(24)3/h4-13,21H,14-15H2,1-3H3. The van der Waals surface area contributed by atoms with Crippen LogP contribution in [-0.2, 0) is 4.79 Å². The minimum absolute atomic E-state index is 0.135. The second kappa shape index (κ2) is 9.26. The van der Waals surface area contributed by atoms with E-state index in [1.807, 2.05) is 75.4 Å². The Morgan fingerprint density at radius 1 is 1.06 bits per heavy atom. The second-order valence-corrected chi connectivity index (χ2v) is 9.23. The van der Waals surface area contributed by atoms with Crippen molar-refractivity contribution < 1.29 is 9.21 Å². The molecule has 8 nitrogen and oxygen atoms in total. The number of hydrogen-bond acceptors (Lipinski definition) is 7. The van der Waals surface area contributed by atoms with E-state index < -0.39 is 0 Å². The number of hydrogen-bond donors (Lipinski definition) is 0. The fourth-order valence-electron chi connectivity index (χ4n) is 4.10. The largest absolute Gasteiger partial charge is 0.467 e. The number of para-hydroxylation sites is 1. The van der Waals surface area contributed by atoms with Gasteiger partial charge in [-0.3, -0.25) is 4.79 Å². The third-order valence-corrected chi connectivity index (χ3v) is 6.74. The highest BCUT2D eigenvalue weighted by atomic mass is 32.2. The maximum atomic E-state index is 13.3. The number of carbonyl (C=O) groups excluding carboxylic acids is 1. The molecule has 172 valence electrons. The Labute approximate surface area is 201 Å². The maximum Gasteiger partial charge on any atom is 0.253 e. The Bertz CT molecular complexity index is 1320. The number of aryl methyl sites for hydroxylation is 3. The molecule has 1 amide bonds. The zero-order chi connectivity index (χ0) is 23.7. The number of nitrogens with zero attached hydrogens (tertiary/aromatic N) is 6. The number of tetrazole rings is 1. The molecule has 3 heterocycles. The molecule has 1 unspecified atom stereocenters. The lowest BCUT2D eigenvalue weighted by Gasteiger charge is -2.19. The van der Waals surface area contributed by atoms with Crippen LogP contribution >= 0.6 is 11.8 Å². The number of rotatable bonds is 6. The minimum atomic E-state index is -0.283. The van der Waals surface area contributed by atoms with E-state index >= 15 is 0 Å². The van der Waals surface area contributed by atoms with Crippen LogP contribution in [0.4, 0.5) is 0 Å². The van der Waals surface area contributed by atoms with E-state index in [1.165, 1.54) is 22.3 Å². The van der Waals surface area contributed by atoms with E-state index in [1.54, 1.807) is 10.9 Å². The SMILES string of the molecule is Cc1ccc(C2=NN(C(=O)CSc3nnnn3-c3c(C)cccc3C)C(c3ccco3)C2)cc1. The monoisotopic (exact) mass is 472 g/mol. The van der Waals surface area contributed by atoms with Gasteiger partial charge in [0.1, 0.15) is 11.8 Å². The van der Waals surface area contributed by atoms with Crippen molar-refractivity contribution in [2.45, 2.75) is 38.4 Å². The number of carbonyl (C=O) groups is 1. The summed E-state index contributed by atoms with van der Waals surface area (Å²) in [4.78, 5) is 13.3. The van der Waals surface area contributed by atoms with Gasteiger partial charge in [-0.25, -0.2) is 5.01 Å². The normalized spacial score (nSPS) is 15.6. The van der Waals surface area contributed by atoms with Gasteiger partial charge in [-0.05, 0) is 60.0 Å². The van der Waals surface area contributed by atoms with Gasteiger partial charge in [0.25, 0.3) is 5.91 Å². The summed E-state index contributed by atoms with van der Waals surface area (Å²) >= 11 is 1.29. The van der Waals surface area contributed by atoms with E-state index in [4.69, 9.17) is 9.52 Å². The number of furan rings is 1. The van der Waals surface area contributed by atoms with E-state index in [9.17, 15) is 4.79 Å². The molecule has 0 N–H and O–H groups in total. The molecule has 2 aromatic heterocycles. The minimum Gasteiger partial charge on any atom is -0.467 e. The zero-order valence-electron chi connectivity index (χ0n) is 19.2. The summed E-state index contributed by atoms with van der Waals surface area (Å²) < 4.78 is 7.34. The van der Waals surface area contributed by atoms with E-state index in [-0.39, 0.29) is 17.7 Å². The average molecular weight is 473 g/mol. The van der Waals surface area contributed by atoms with Crippen molar-refractivity contribution in [3.63, 3.8) is 0 Å². The van der Waals surface area contributed by atoms with Crippen LogP contribution in [0.25, 0.3) is 5.69 Å². The topological polar surface area (TPSA) is 89.4 Å². The number of benzene rings is 2. The van der Waals surface area contributed by atoms with Crippen LogP contribution < -0.4 is 0 Å². The van der Waals surface area contributed by atoms with Crippen LogP contribution in [0.3, 0.4) is 0 Å². The van der Waals surface area contributed by atoms with Crippen molar-refractivity contribution in [1.82, 2.24) is 25.2 Å². The fraction of sp³-hybridized carbons (Fsp3) is 0.240. The van der Waals surface area contributed by atoms with Gasteiger partial charge < -0.3 is 4.42 Å². The van der Waals surface area contributed by atoms with Crippen LogP contribution in [0.1, 0.15) is 40.5 Å². The third-order valence-electron chi connectivity index (χ3n) is 5.84.